The van der Waals surface area contributed by atoms with Crippen molar-refractivity contribution in [3.05, 3.63) is 45.9 Å². The van der Waals surface area contributed by atoms with Gasteiger partial charge in [-0.2, -0.15) is 0 Å². The van der Waals surface area contributed by atoms with Gasteiger partial charge in [0.25, 0.3) is 5.91 Å². The van der Waals surface area contributed by atoms with Gasteiger partial charge in [0, 0.05) is 30.7 Å². The molecule has 1 amide bonds. The Morgan fingerprint density at radius 3 is 3.14 bits per heavy atom. The predicted molar refractivity (Wildman–Crippen MR) is 87.2 cm³/mol. The topological polar surface area (TPSA) is 54.5 Å². The maximum atomic E-state index is 12.3. The number of anilines is 1. The Kier molecular flexibility index (Phi) is 5.04. The molecular formula is C15H16ClN3O2S. The summed E-state index contributed by atoms with van der Waals surface area (Å²) < 4.78 is 6.37. The zero-order valence-electron chi connectivity index (χ0n) is 11.9. The van der Waals surface area contributed by atoms with E-state index in [2.05, 4.69) is 15.2 Å². The molecule has 0 radical (unpaired) electrons. The van der Waals surface area contributed by atoms with Gasteiger partial charge in [0.15, 0.2) is 0 Å². The third kappa shape index (κ3) is 4.04. The number of carbonyl (C=O) groups is 1. The Morgan fingerprint density at radius 2 is 2.41 bits per heavy atom. The van der Waals surface area contributed by atoms with Crippen LogP contribution in [0.25, 0.3) is 0 Å². The van der Waals surface area contributed by atoms with Crippen LogP contribution < -0.4 is 5.32 Å². The van der Waals surface area contributed by atoms with Gasteiger partial charge >= 0.3 is 0 Å². The minimum absolute atomic E-state index is 0.137. The zero-order valence-corrected chi connectivity index (χ0v) is 13.4. The molecule has 2 aromatic rings. The Labute approximate surface area is 137 Å². The zero-order chi connectivity index (χ0) is 15.4. The van der Waals surface area contributed by atoms with E-state index in [-0.39, 0.29) is 5.91 Å². The van der Waals surface area contributed by atoms with Crippen LogP contribution in [-0.2, 0) is 16.1 Å². The second-order valence-corrected chi connectivity index (χ2v) is 6.83. The minimum Gasteiger partial charge on any atom is -0.366 e. The summed E-state index contributed by atoms with van der Waals surface area (Å²) >= 11 is 7.52. The van der Waals surface area contributed by atoms with E-state index in [0.29, 0.717) is 18.8 Å². The van der Waals surface area contributed by atoms with Crippen LogP contribution in [0.4, 0.5) is 5.69 Å². The van der Waals surface area contributed by atoms with Crippen LogP contribution >= 0.6 is 22.9 Å². The number of rotatable bonds is 4. The van der Waals surface area contributed by atoms with E-state index >= 15 is 0 Å². The summed E-state index contributed by atoms with van der Waals surface area (Å²) in [5.41, 5.74) is 0.679. The highest BCUT2D eigenvalue weighted by atomic mass is 35.5. The summed E-state index contributed by atoms with van der Waals surface area (Å²) in [4.78, 5) is 19.6. The lowest BCUT2D eigenvalue weighted by molar-refractivity contribution is -0.133. The van der Waals surface area contributed by atoms with Crippen LogP contribution in [0.5, 0.6) is 0 Å². The molecule has 3 heterocycles. The number of carbonyl (C=O) groups excluding carboxylic acids is 1. The quantitative estimate of drug-likeness (QED) is 0.932. The van der Waals surface area contributed by atoms with E-state index in [1.807, 2.05) is 12.1 Å². The van der Waals surface area contributed by atoms with Crippen LogP contribution in [0.1, 0.15) is 4.88 Å². The molecule has 7 heteroatoms. The van der Waals surface area contributed by atoms with Gasteiger partial charge in [0.1, 0.15) is 6.10 Å². The van der Waals surface area contributed by atoms with Crippen molar-refractivity contribution < 1.29 is 9.53 Å². The molecule has 0 unspecified atom stereocenters. The highest BCUT2D eigenvalue weighted by molar-refractivity contribution is 7.16. The van der Waals surface area contributed by atoms with Crippen LogP contribution in [0.3, 0.4) is 0 Å². The van der Waals surface area contributed by atoms with Gasteiger partial charge in [0.05, 0.1) is 22.8 Å². The SMILES string of the molecule is O=C(Nc1cccnc1)[C@@H]1CN(Cc2ccc(Cl)s2)CCO1. The smallest absolute Gasteiger partial charge is 0.254 e. The number of morpholine rings is 1. The lowest BCUT2D eigenvalue weighted by Crippen LogP contribution is -2.47. The van der Waals surface area contributed by atoms with Crippen molar-refractivity contribution in [3.8, 4) is 0 Å². The first-order valence-corrected chi connectivity index (χ1v) is 8.19. The highest BCUT2D eigenvalue weighted by Crippen LogP contribution is 2.23. The number of nitrogens with one attached hydrogen (secondary N) is 1. The Hall–Kier alpha value is -1.47. The molecule has 5 nitrogen and oxygen atoms in total. The number of pyridine rings is 1. The number of hydrogen-bond acceptors (Lipinski definition) is 5. The van der Waals surface area contributed by atoms with E-state index in [1.165, 1.54) is 4.88 Å². The molecule has 2 aromatic heterocycles. The molecule has 3 rings (SSSR count). The van der Waals surface area contributed by atoms with E-state index in [4.69, 9.17) is 16.3 Å². The first-order valence-electron chi connectivity index (χ1n) is 7.00. The molecule has 1 fully saturated rings. The average molecular weight is 338 g/mol. The van der Waals surface area contributed by atoms with Crippen LogP contribution in [-0.4, -0.2) is 41.6 Å². The van der Waals surface area contributed by atoms with Gasteiger partial charge in [-0.15, -0.1) is 11.3 Å². The summed E-state index contributed by atoms with van der Waals surface area (Å²) in [5, 5.41) is 2.83. The molecule has 0 saturated carbocycles. The van der Waals surface area contributed by atoms with Crippen molar-refractivity contribution >= 4 is 34.5 Å². The van der Waals surface area contributed by atoms with Gasteiger partial charge in [-0.3, -0.25) is 14.7 Å². The van der Waals surface area contributed by atoms with Crippen molar-refractivity contribution in [1.29, 1.82) is 0 Å². The van der Waals surface area contributed by atoms with Crippen LogP contribution in [0.15, 0.2) is 36.7 Å². The van der Waals surface area contributed by atoms with Gasteiger partial charge < -0.3 is 10.1 Å². The van der Waals surface area contributed by atoms with Crippen molar-refractivity contribution in [2.75, 3.05) is 25.0 Å². The van der Waals surface area contributed by atoms with Gasteiger partial charge in [-0.25, -0.2) is 0 Å². The Bertz CT molecular complexity index is 635. The number of halogens is 1. The molecular weight excluding hydrogens is 322 g/mol. The average Bonchev–Trinajstić information content (AvgIpc) is 2.93. The summed E-state index contributed by atoms with van der Waals surface area (Å²) in [7, 11) is 0. The van der Waals surface area contributed by atoms with Crippen molar-refractivity contribution in [1.82, 2.24) is 9.88 Å². The number of thiophene rings is 1. The molecule has 1 aliphatic heterocycles. The number of hydrogen-bond donors (Lipinski definition) is 1. The first kappa shape index (κ1) is 15.4. The highest BCUT2D eigenvalue weighted by Gasteiger charge is 2.27. The van der Waals surface area contributed by atoms with Crippen molar-refractivity contribution in [2.24, 2.45) is 0 Å². The Morgan fingerprint density at radius 1 is 1.50 bits per heavy atom. The van der Waals surface area contributed by atoms with Crippen molar-refractivity contribution in [3.63, 3.8) is 0 Å². The minimum atomic E-state index is -0.468. The van der Waals surface area contributed by atoms with Crippen LogP contribution in [0, 0.1) is 0 Å². The van der Waals surface area contributed by atoms with Crippen molar-refractivity contribution in [2.45, 2.75) is 12.6 Å². The summed E-state index contributed by atoms with van der Waals surface area (Å²) in [5.74, 6) is -0.137. The summed E-state index contributed by atoms with van der Waals surface area (Å²) in [6.07, 6.45) is 2.82. The molecule has 0 bridgehead atoms. The summed E-state index contributed by atoms with van der Waals surface area (Å²) in [6, 6.07) is 7.51. The third-order valence-corrected chi connectivity index (χ3v) is 4.60. The molecule has 0 aromatic carbocycles. The second kappa shape index (κ2) is 7.19. The van der Waals surface area contributed by atoms with Gasteiger partial charge in [-0.1, -0.05) is 11.6 Å². The maximum absolute atomic E-state index is 12.3. The van der Waals surface area contributed by atoms with E-state index in [0.717, 1.165) is 17.4 Å². The Balaban J connectivity index is 1.57. The van der Waals surface area contributed by atoms with E-state index < -0.39 is 6.10 Å². The molecule has 1 atom stereocenters. The first-order chi connectivity index (χ1) is 10.7. The summed E-state index contributed by atoms with van der Waals surface area (Å²) in [6.45, 7) is 2.72. The number of nitrogens with zero attached hydrogens (tertiary/aromatic N) is 2. The van der Waals surface area contributed by atoms with E-state index in [1.54, 1.807) is 35.9 Å². The van der Waals surface area contributed by atoms with Gasteiger partial charge in [0.2, 0.25) is 0 Å². The molecule has 0 aliphatic carbocycles. The molecule has 1 N–H and O–H groups in total. The molecule has 1 saturated heterocycles. The molecule has 0 spiro atoms. The predicted octanol–water partition coefficient (Wildman–Crippen LogP) is 2.64. The number of amides is 1. The molecule has 22 heavy (non-hydrogen) atoms. The van der Waals surface area contributed by atoms with Gasteiger partial charge in [-0.05, 0) is 24.3 Å². The fraction of sp³-hybridized carbons (Fsp3) is 0.333. The number of ether oxygens (including phenoxy) is 1. The third-order valence-electron chi connectivity index (χ3n) is 3.38. The lowest BCUT2D eigenvalue weighted by Gasteiger charge is -2.31. The fourth-order valence-electron chi connectivity index (χ4n) is 2.32. The normalized spacial score (nSPS) is 19.0. The standard InChI is InChI=1S/C15H16ClN3O2S/c16-14-4-3-12(22-14)9-19-6-7-21-13(10-19)15(20)18-11-2-1-5-17-8-11/h1-5,8,13H,6-7,9-10H2,(H,18,20)/t13-/m0/s1. The second-order valence-electron chi connectivity index (χ2n) is 5.03. The number of aromatic nitrogens is 1. The largest absolute Gasteiger partial charge is 0.366 e. The lowest BCUT2D eigenvalue weighted by atomic mass is 10.2. The molecule has 1 aliphatic rings. The maximum Gasteiger partial charge on any atom is 0.254 e. The fourth-order valence-corrected chi connectivity index (χ4v) is 3.45. The molecule has 116 valence electrons. The monoisotopic (exact) mass is 337 g/mol. The van der Waals surface area contributed by atoms with E-state index in [9.17, 15) is 4.79 Å². The van der Waals surface area contributed by atoms with Crippen LogP contribution in [0.2, 0.25) is 4.34 Å².